The van der Waals surface area contributed by atoms with Gasteiger partial charge in [-0.2, -0.15) is 5.26 Å². The van der Waals surface area contributed by atoms with Crippen LogP contribution in [-0.2, 0) is 4.74 Å². The van der Waals surface area contributed by atoms with Gasteiger partial charge in [-0.25, -0.2) is 9.18 Å². The normalized spacial score (nSPS) is 9.47. The number of carbonyl (C=O) groups is 1. The maximum Gasteiger partial charge on any atom is 0.341 e. The predicted octanol–water partition coefficient (Wildman–Crippen LogP) is 2.64. The molecule has 0 aromatic heterocycles. The largest absolute Gasteiger partial charge is 0.462 e. The Morgan fingerprint density at radius 1 is 1.67 bits per heavy atom. The Labute approximate surface area is 94.6 Å². The van der Waals surface area contributed by atoms with Gasteiger partial charge in [-0.15, -0.1) is 0 Å². The Morgan fingerprint density at radius 3 is 2.87 bits per heavy atom. The molecule has 0 unspecified atom stereocenters. The Morgan fingerprint density at radius 2 is 2.33 bits per heavy atom. The minimum absolute atomic E-state index is 0.159. The number of esters is 1. The molecule has 5 heteroatoms. The minimum atomic E-state index is -0.848. The van der Waals surface area contributed by atoms with Crippen molar-refractivity contribution in [3.63, 3.8) is 0 Å². The van der Waals surface area contributed by atoms with Crippen LogP contribution in [-0.4, -0.2) is 12.6 Å². The van der Waals surface area contributed by atoms with Crippen LogP contribution in [0.5, 0.6) is 0 Å². The fourth-order valence-electron chi connectivity index (χ4n) is 1.03. The quantitative estimate of drug-likeness (QED) is 0.777. The van der Waals surface area contributed by atoms with E-state index < -0.39 is 11.8 Å². The Hall–Kier alpha value is -1.41. The van der Waals surface area contributed by atoms with Gasteiger partial charge in [0.15, 0.2) is 5.82 Å². The van der Waals surface area contributed by atoms with Gasteiger partial charge in [0.25, 0.3) is 0 Å². The van der Waals surface area contributed by atoms with E-state index in [1.807, 2.05) is 0 Å². The van der Waals surface area contributed by atoms with Crippen molar-refractivity contribution in [1.82, 2.24) is 0 Å². The standard InChI is InChI=1S/C10H7BrFNO2/c1-2-15-10(14)8-4-7(11)3-6(5-13)9(8)12/h3-4H,2H2,1H3. The molecule has 1 rings (SSSR count). The van der Waals surface area contributed by atoms with E-state index in [1.54, 1.807) is 13.0 Å². The van der Waals surface area contributed by atoms with Crippen LogP contribution in [0.3, 0.4) is 0 Å². The van der Waals surface area contributed by atoms with Gasteiger partial charge in [0.1, 0.15) is 6.07 Å². The van der Waals surface area contributed by atoms with Crippen molar-refractivity contribution < 1.29 is 13.9 Å². The highest BCUT2D eigenvalue weighted by Crippen LogP contribution is 2.20. The van der Waals surface area contributed by atoms with Crippen LogP contribution < -0.4 is 0 Å². The third kappa shape index (κ3) is 2.54. The fraction of sp³-hybridized carbons (Fsp3) is 0.200. The van der Waals surface area contributed by atoms with E-state index in [1.165, 1.54) is 12.1 Å². The summed E-state index contributed by atoms with van der Waals surface area (Å²) < 4.78 is 18.6. The van der Waals surface area contributed by atoms with Crippen LogP contribution in [0.15, 0.2) is 16.6 Å². The average molecular weight is 272 g/mol. The zero-order valence-electron chi connectivity index (χ0n) is 7.88. The molecule has 0 aliphatic rings. The van der Waals surface area contributed by atoms with Crippen LogP contribution >= 0.6 is 15.9 Å². The number of hydrogen-bond acceptors (Lipinski definition) is 3. The molecule has 3 nitrogen and oxygen atoms in total. The van der Waals surface area contributed by atoms with Crippen molar-refractivity contribution >= 4 is 21.9 Å². The van der Waals surface area contributed by atoms with E-state index in [9.17, 15) is 9.18 Å². The molecule has 15 heavy (non-hydrogen) atoms. The molecule has 0 fully saturated rings. The van der Waals surface area contributed by atoms with Crippen LogP contribution in [0, 0.1) is 17.1 Å². The Balaban J connectivity index is 3.24. The average Bonchev–Trinajstić information content (AvgIpc) is 2.21. The number of hydrogen-bond donors (Lipinski definition) is 0. The summed E-state index contributed by atoms with van der Waals surface area (Å²) in [6, 6.07) is 4.25. The Bertz CT molecular complexity index is 440. The predicted molar refractivity (Wildman–Crippen MR) is 54.8 cm³/mol. The number of rotatable bonds is 2. The maximum absolute atomic E-state index is 13.5. The molecule has 1 aromatic carbocycles. The summed E-state index contributed by atoms with van der Waals surface area (Å²) in [7, 11) is 0. The van der Waals surface area contributed by atoms with Crippen LogP contribution in [0.25, 0.3) is 0 Å². The van der Waals surface area contributed by atoms with Crippen molar-refractivity contribution in [2.75, 3.05) is 6.61 Å². The topological polar surface area (TPSA) is 50.1 Å². The molecule has 0 aliphatic carbocycles. The second-order valence-corrected chi connectivity index (χ2v) is 3.56. The molecule has 0 bridgehead atoms. The molecule has 0 saturated carbocycles. The van der Waals surface area contributed by atoms with Gasteiger partial charge in [0.05, 0.1) is 17.7 Å². The summed E-state index contributed by atoms with van der Waals surface area (Å²) in [5.74, 6) is -1.62. The monoisotopic (exact) mass is 271 g/mol. The lowest BCUT2D eigenvalue weighted by atomic mass is 10.1. The van der Waals surface area contributed by atoms with E-state index >= 15 is 0 Å². The first-order valence-corrected chi connectivity index (χ1v) is 4.95. The number of halogens is 2. The third-order valence-corrected chi connectivity index (χ3v) is 2.11. The third-order valence-electron chi connectivity index (χ3n) is 1.65. The number of nitriles is 1. The van der Waals surface area contributed by atoms with E-state index in [-0.39, 0.29) is 17.7 Å². The van der Waals surface area contributed by atoms with Gasteiger partial charge < -0.3 is 4.74 Å². The van der Waals surface area contributed by atoms with Crippen molar-refractivity contribution in [1.29, 1.82) is 5.26 Å². The van der Waals surface area contributed by atoms with E-state index in [2.05, 4.69) is 20.7 Å². The molecule has 0 spiro atoms. The maximum atomic E-state index is 13.5. The first kappa shape index (κ1) is 11.7. The van der Waals surface area contributed by atoms with Crippen molar-refractivity contribution in [2.24, 2.45) is 0 Å². The van der Waals surface area contributed by atoms with Crippen molar-refractivity contribution in [2.45, 2.75) is 6.92 Å². The summed E-state index contributed by atoms with van der Waals surface area (Å²) in [4.78, 5) is 11.3. The minimum Gasteiger partial charge on any atom is -0.462 e. The number of nitrogens with zero attached hydrogens (tertiary/aromatic N) is 1. The highest BCUT2D eigenvalue weighted by atomic mass is 79.9. The summed E-state index contributed by atoms with van der Waals surface area (Å²) in [5, 5.41) is 8.62. The molecule has 0 aliphatic heterocycles. The van der Waals surface area contributed by atoms with Crippen LogP contribution in [0.4, 0.5) is 4.39 Å². The molecule has 0 amide bonds. The second-order valence-electron chi connectivity index (χ2n) is 2.65. The van der Waals surface area contributed by atoms with E-state index in [0.717, 1.165) is 0 Å². The fourth-order valence-corrected chi connectivity index (χ4v) is 1.49. The lowest BCUT2D eigenvalue weighted by molar-refractivity contribution is 0.0521. The first-order chi connectivity index (χ1) is 7.10. The molecule has 78 valence electrons. The van der Waals surface area contributed by atoms with Crippen LogP contribution in [0.2, 0.25) is 0 Å². The molecular weight excluding hydrogens is 265 g/mol. The molecule has 0 atom stereocenters. The summed E-state index contributed by atoms with van der Waals surface area (Å²) in [6.07, 6.45) is 0. The number of carbonyl (C=O) groups excluding carboxylic acids is 1. The molecule has 0 saturated heterocycles. The zero-order chi connectivity index (χ0) is 11.4. The summed E-state index contributed by atoms with van der Waals surface area (Å²) in [5.41, 5.74) is -0.421. The molecular formula is C10H7BrFNO2. The van der Waals surface area contributed by atoms with Crippen molar-refractivity contribution in [3.05, 3.63) is 33.5 Å². The lowest BCUT2D eigenvalue weighted by Gasteiger charge is -2.04. The highest BCUT2D eigenvalue weighted by Gasteiger charge is 2.17. The number of ether oxygens (including phenoxy) is 1. The first-order valence-electron chi connectivity index (χ1n) is 4.16. The van der Waals surface area contributed by atoms with E-state index in [0.29, 0.717) is 4.47 Å². The second kappa shape index (κ2) is 4.89. The van der Waals surface area contributed by atoms with Gasteiger partial charge in [0.2, 0.25) is 0 Å². The SMILES string of the molecule is CCOC(=O)c1cc(Br)cc(C#N)c1F. The molecule has 0 heterocycles. The number of benzene rings is 1. The van der Waals surface area contributed by atoms with Crippen molar-refractivity contribution in [3.8, 4) is 6.07 Å². The zero-order valence-corrected chi connectivity index (χ0v) is 9.47. The smallest absolute Gasteiger partial charge is 0.341 e. The van der Waals surface area contributed by atoms with Gasteiger partial charge in [-0.05, 0) is 19.1 Å². The van der Waals surface area contributed by atoms with Crippen LogP contribution in [0.1, 0.15) is 22.8 Å². The highest BCUT2D eigenvalue weighted by molar-refractivity contribution is 9.10. The van der Waals surface area contributed by atoms with Gasteiger partial charge in [0, 0.05) is 4.47 Å². The summed E-state index contributed by atoms with van der Waals surface area (Å²) >= 11 is 3.08. The van der Waals surface area contributed by atoms with Gasteiger partial charge in [-0.3, -0.25) is 0 Å². The lowest BCUT2D eigenvalue weighted by Crippen LogP contribution is -2.08. The summed E-state index contributed by atoms with van der Waals surface area (Å²) in [6.45, 7) is 1.78. The molecule has 0 radical (unpaired) electrons. The molecule has 0 N–H and O–H groups in total. The van der Waals surface area contributed by atoms with Gasteiger partial charge in [-0.1, -0.05) is 15.9 Å². The van der Waals surface area contributed by atoms with Gasteiger partial charge >= 0.3 is 5.97 Å². The molecule has 1 aromatic rings. The van der Waals surface area contributed by atoms with E-state index in [4.69, 9.17) is 5.26 Å². The Kier molecular flexibility index (Phi) is 3.81.